The molecule has 1 unspecified atom stereocenters. The van der Waals surface area contributed by atoms with Crippen LogP contribution in [0.2, 0.25) is 0 Å². The first-order chi connectivity index (χ1) is 9.85. The van der Waals surface area contributed by atoms with Gasteiger partial charge in [-0.1, -0.05) is 33.6 Å². The molecule has 0 saturated heterocycles. The molecular weight excluding hydrogens is 286 g/mol. The zero-order valence-corrected chi connectivity index (χ0v) is 14.4. The molecule has 1 heterocycles. The summed E-state index contributed by atoms with van der Waals surface area (Å²) in [4.78, 5) is 3.31. The highest BCUT2D eigenvalue weighted by molar-refractivity contribution is 7.89. The normalized spacial score (nSPS) is 13.8. The van der Waals surface area contributed by atoms with E-state index in [2.05, 4.69) is 28.9 Å². The summed E-state index contributed by atoms with van der Waals surface area (Å²) in [5.41, 5.74) is 0.879. The minimum absolute atomic E-state index is 0.0409. The van der Waals surface area contributed by atoms with Crippen molar-refractivity contribution < 1.29 is 8.42 Å². The quantitative estimate of drug-likeness (QED) is 0.621. The monoisotopic (exact) mass is 315 g/mol. The van der Waals surface area contributed by atoms with Crippen LogP contribution in [-0.4, -0.2) is 26.0 Å². The van der Waals surface area contributed by atoms with Gasteiger partial charge in [0, 0.05) is 24.5 Å². The molecule has 0 aromatic carbocycles. The lowest BCUT2D eigenvalue weighted by atomic mass is 10.0. The van der Waals surface area contributed by atoms with E-state index in [1.807, 2.05) is 13.8 Å². The van der Waals surface area contributed by atoms with Crippen LogP contribution in [0.3, 0.4) is 0 Å². The van der Waals surface area contributed by atoms with Gasteiger partial charge in [-0.2, -0.15) is 0 Å². The maximum atomic E-state index is 12.3. The van der Waals surface area contributed by atoms with Crippen LogP contribution in [0.5, 0.6) is 0 Å². The Morgan fingerprint density at radius 3 is 2.57 bits per heavy atom. The molecule has 0 fully saturated rings. The largest absolute Gasteiger partial charge is 0.363 e. The Labute approximate surface area is 129 Å². The highest BCUT2D eigenvalue weighted by atomic mass is 32.2. The molecule has 1 rings (SSSR count). The van der Waals surface area contributed by atoms with Gasteiger partial charge in [-0.25, -0.2) is 13.1 Å². The Kier molecular flexibility index (Phi) is 7.42. The Balaban J connectivity index is 2.54. The number of nitrogens with one attached hydrogen (secondary N) is 3. The van der Waals surface area contributed by atoms with E-state index in [4.69, 9.17) is 0 Å². The smallest absolute Gasteiger partial charge is 0.242 e. The number of H-pyrrole nitrogens is 1. The maximum absolute atomic E-state index is 12.3. The van der Waals surface area contributed by atoms with Gasteiger partial charge in [-0.05, 0) is 31.9 Å². The summed E-state index contributed by atoms with van der Waals surface area (Å²) in [6.07, 6.45) is 4.59. The van der Waals surface area contributed by atoms with E-state index >= 15 is 0 Å². The molecule has 1 atom stereocenters. The van der Waals surface area contributed by atoms with Crippen molar-refractivity contribution in [2.75, 3.05) is 6.54 Å². The van der Waals surface area contributed by atoms with Crippen molar-refractivity contribution in [2.24, 2.45) is 5.92 Å². The van der Waals surface area contributed by atoms with E-state index in [0.29, 0.717) is 17.4 Å². The van der Waals surface area contributed by atoms with Crippen molar-refractivity contribution in [3.8, 4) is 0 Å². The standard InChI is InChI=1S/C15H29N3O2S/c1-5-16-10-14-9-15(11-17-14)21(19,20)18-13(4)8-6-7-12(2)3/h9,11-13,16-18H,5-8,10H2,1-4H3. The first kappa shape index (κ1) is 18.2. The van der Waals surface area contributed by atoms with Crippen molar-refractivity contribution in [3.63, 3.8) is 0 Å². The van der Waals surface area contributed by atoms with E-state index in [-0.39, 0.29) is 6.04 Å². The van der Waals surface area contributed by atoms with Crippen molar-refractivity contribution in [1.29, 1.82) is 0 Å². The fourth-order valence-electron chi connectivity index (χ4n) is 2.16. The van der Waals surface area contributed by atoms with Crippen LogP contribution >= 0.6 is 0 Å². The Morgan fingerprint density at radius 1 is 1.24 bits per heavy atom. The second kappa shape index (κ2) is 8.56. The van der Waals surface area contributed by atoms with E-state index in [9.17, 15) is 8.42 Å². The number of hydrogen-bond acceptors (Lipinski definition) is 3. The number of aromatic nitrogens is 1. The average Bonchev–Trinajstić information content (AvgIpc) is 2.84. The third kappa shape index (κ3) is 6.63. The first-order valence-electron chi connectivity index (χ1n) is 7.75. The SMILES string of the molecule is CCNCc1cc(S(=O)(=O)NC(C)CCCC(C)C)c[nH]1. The zero-order chi connectivity index (χ0) is 15.9. The van der Waals surface area contributed by atoms with Gasteiger partial charge in [-0.3, -0.25) is 0 Å². The highest BCUT2D eigenvalue weighted by Gasteiger charge is 2.18. The van der Waals surface area contributed by atoms with Crippen molar-refractivity contribution in [2.45, 2.75) is 64.4 Å². The molecular formula is C15H29N3O2S. The molecule has 1 aromatic heterocycles. The molecule has 0 aliphatic heterocycles. The van der Waals surface area contributed by atoms with E-state index in [0.717, 1.165) is 31.5 Å². The third-order valence-corrected chi connectivity index (χ3v) is 4.94. The second-order valence-electron chi connectivity index (χ2n) is 5.99. The van der Waals surface area contributed by atoms with Gasteiger partial charge < -0.3 is 10.3 Å². The van der Waals surface area contributed by atoms with Gasteiger partial charge in [0.15, 0.2) is 0 Å². The van der Waals surface area contributed by atoms with E-state index in [1.165, 1.54) is 0 Å². The predicted octanol–water partition coefficient (Wildman–Crippen LogP) is 2.62. The summed E-state index contributed by atoms with van der Waals surface area (Å²) in [6, 6.07) is 1.65. The molecule has 0 saturated carbocycles. The summed E-state index contributed by atoms with van der Waals surface area (Å²) in [7, 11) is -3.42. The minimum atomic E-state index is -3.42. The number of sulfonamides is 1. The minimum Gasteiger partial charge on any atom is -0.363 e. The van der Waals surface area contributed by atoms with Gasteiger partial charge in [-0.15, -0.1) is 0 Å². The van der Waals surface area contributed by atoms with Crippen LogP contribution in [0.25, 0.3) is 0 Å². The van der Waals surface area contributed by atoms with Crippen LogP contribution in [0.1, 0.15) is 52.7 Å². The van der Waals surface area contributed by atoms with Crippen molar-refractivity contribution in [1.82, 2.24) is 15.0 Å². The van der Waals surface area contributed by atoms with Crippen molar-refractivity contribution >= 4 is 10.0 Å². The second-order valence-corrected chi connectivity index (χ2v) is 7.70. The molecule has 0 aliphatic carbocycles. The van der Waals surface area contributed by atoms with Crippen LogP contribution in [0, 0.1) is 5.92 Å². The lowest BCUT2D eigenvalue weighted by molar-refractivity contribution is 0.488. The van der Waals surface area contributed by atoms with Gasteiger partial charge in [0.05, 0.1) is 4.90 Å². The number of aromatic amines is 1. The van der Waals surface area contributed by atoms with Crippen LogP contribution in [0.4, 0.5) is 0 Å². The Hall–Kier alpha value is -0.850. The first-order valence-corrected chi connectivity index (χ1v) is 9.23. The molecule has 0 spiro atoms. The predicted molar refractivity (Wildman–Crippen MR) is 86.6 cm³/mol. The summed E-state index contributed by atoms with van der Waals surface area (Å²) in [5.74, 6) is 0.659. The summed E-state index contributed by atoms with van der Waals surface area (Å²) < 4.78 is 27.3. The molecule has 5 nitrogen and oxygen atoms in total. The molecule has 0 radical (unpaired) electrons. The fourth-order valence-corrected chi connectivity index (χ4v) is 3.46. The number of rotatable bonds is 10. The molecule has 0 amide bonds. The fraction of sp³-hybridized carbons (Fsp3) is 0.733. The Morgan fingerprint density at radius 2 is 1.95 bits per heavy atom. The van der Waals surface area contributed by atoms with Crippen molar-refractivity contribution in [3.05, 3.63) is 18.0 Å². The topological polar surface area (TPSA) is 74.0 Å². The molecule has 0 aliphatic rings. The molecule has 1 aromatic rings. The highest BCUT2D eigenvalue weighted by Crippen LogP contribution is 2.13. The number of hydrogen-bond donors (Lipinski definition) is 3. The average molecular weight is 315 g/mol. The van der Waals surface area contributed by atoms with Gasteiger partial charge in [0.2, 0.25) is 10.0 Å². The molecule has 21 heavy (non-hydrogen) atoms. The zero-order valence-electron chi connectivity index (χ0n) is 13.6. The van der Waals surface area contributed by atoms with Crippen LogP contribution in [0.15, 0.2) is 17.2 Å². The van der Waals surface area contributed by atoms with E-state index in [1.54, 1.807) is 12.3 Å². The third-order valence-electron chi connectivity index (χ3n) is 3.37. The summed E-state index contributed by atoms with van der Waals surface area (Å²) in [6.45, 7) is 9.80. The molecule has 6 heteroatoms. The lowest BCUT2D eigenvalue weighted by Crippen LogP contribution is -2.32. The van der Waals surface area contributed by atoms with Crippen LogP contribution < -0.4 is 10.0 Å². The van der Waals surface area contributed by atoms with Crippen LogP contribution in [-0.2, 0) is 16.6 Å². The maximum Gasteiger partial charge on any atom is 0.242 e. The van der Waals surface area contributed by atoms with Gasteiger partial charge in [0.1, 0.15) is 0 Å². The molecule has 122 valence electrons. The van der Waals surface area contributed by atoms with Gasteiger partial charge in [0.25, 0.3) is 0 Å². The lowest BCUT2D eigenvalue weighted by Gasteiger charge is -2.14. The summed E-state index contributed by atoms with van der Waals surface area (Å²) in [5, 5.41) is 3.16. The Bertz CT molecular complexity index is 509. The van der Waals surface area contributed by atoms with Gasteiger partial charge >= 0.3 is 0 Å². The molecule has 0 bridgehead atoms. The molecule has 3 N–H and O–H groups in total. The summed E-state index contributed by atoms with van der Waals surface area (Å²) >= 11 is 0. The van der Waals surface area contributed by atoms with E-state index < -0.39 is 10.0 Å².